The molecule has 2 heterocycles. The summed E-state index contributed by atoms with van der Waals surface area (Å²) in [6, 6.07) is 3.31. The second-order valence-electron chi connectivity index (χ2n) is 6.05. The summed E-state index contributed by atoms with van der Waals surface area (Å²) in [5, 5.41) is 19.8. The van der Waals surface area contributed by atoms with Gasteiger partial charge in [-0.2, -0.15) is 0 Å². The number of nitrogens with zero attached hydrogens (tertiary/aromatic N) is 1. The SMILES string of the molecule is NC[C@@H]1O[C@H](CN2CCCCC2)Cc2c1ccc(O)c2O. The number of fused-ring (bicyclic) bond motifs is 1. The van der Waals surface area contributed by atoms with E-state index >= 15 is 0 Å². The molecule has 5 nitrogen and oxygen atoms in total. The predicted octanol–water partition coefficient (Wildman–Crippen LogP) is 1.52. The van der Waals surface area contributed by atoms with Crippen LogP contribution in [0.15, 0.2) is 12.1 Å². The molecule has 0 bridgehead atoms. The van der Waals surface area contributed by atoms with Crippen LogP contribution in [0.2, 0.25) is 0 Å². The van der Waals surface area contributed by atoms with Crippen molar-refractivity contribution in [3.05, 3.63) is 23.3 Å². The van der Waals surface area contributed by atoms with Crippen molar-refractivity contribution in [3.8, 4) is 11.5 Å². The van der Waals surface area contributed by atoms with Gasteiger partial charge in [-0.1, -0.05) is 12.5 Å². The Morgan fingerprint density at radius 3 is 2.67 bits per heavy atom. The standard InChI is InChI=1S/C16H24N2O3/c17-9-15-12-4-5-14(19)16(20)13(12)8-11(21-15)10-18-6-2-1-3-7-18/h4-5,11,15,19-20H,1-3,6-10,17H2/t11-,15-/m0/s1. The van der Waals surface area contributed by atoms with Crippen molar-refractivity contribution in [1.29, 1.82) is 0 Å². The summed E-state index contributed by atoms with van der Waals surface area (Å²) < 4.78 is 6.10. The van der Waals surface area contributed by atoms with Gasteiger partial charge in [-0.15, -0.1) is 0 Å². The van der Waals surface area contributed by atoms with E-state index < -0.39 is 0 Å². The van der Waals surface area contributed by atoms with Crippen LogP contribution in [0.3, 0.4) is 0 Å². The Kier molecular flexibility index (Phi) is 4.33. The van der Waals surface area contributed by atoms with Crippen LogP contribution in [-0.4, -0.2) is 47.4 Å². The molecule has 0 aromatic heterocycles. The topological polar surface area (TPSA) is 79.0 Å². The average molecular weight is 292 g/mol. The third-order valence-electron chi connectivity index (χ3n) is 4.56. The maximum absolute atomic E-state index is 10.1. The van der Waals surface area contributed by atoms with Gasteiger partial charge < -0.3 is 25.6 Å². The zero-order valence-corrected chi connectivity index (χ0v) is 12.3. The fraction of sp³-hybridized carbons (Fsp3) is 0.625. The molecule has 0 radical (unpaired) electrons. The quantitative estimate of drug-likeness (QED) is 0.736. The van der Waals surface area contributed by atoms with E-state index in [1.54, 1.807) is 6.07 Å². The van der Waals surface area contributed by atoms with Gasteiger partial charge in [-0.05, 0) is 37.6 Å². The van der Waals surface area contributed by atoms with Gasteiger partial charge >= 0.3 is 0 Å². The van der Waals surface area contributed by atoms with E-state index in [1.807, 2.05) is 0 Å². The number of hydrogen-bond donors (Lipinski definition) is 3. The Hall–Kier alpha value is -1.30. The first kappa shape index (κ1) is 14.6. The van der Waals surface area contributed by atoms with Crippen LogP contribution in [0.25, 0.3) is 0 Å². The molecule has 2 atom stereocenters. The second kappa shape index (κ2) is 6.22. The Labute approximate surface area is 125 Å². The fourth-order valence-corrected chi connectivity index (χ4v) is 3.46. The number of phenols is 2. The maximum Gasteiger partial charge on any atom is 0.161 e. The lowest BCUT2D eigenvalue weighted by Crippen LogP contribution is -2.41. The van der Waals surface area contributed by atoms with E-state index in [1.165, 1.54) is 25.3 Å². The number of ether oxygens (including phenoxy) is 1. The number of rotatable bonds is 3. The summed E-state index contributed by atoms with van der Waals surface area (Å²) >= 11 is 0. The molecule has 2 aliphatic rings. The molecule has 1 aromatic carbocycles. The minimum Gasteiger partial charge on any atom is -0.504 e. The number of aromatic hydroxyl groups is 2. The van der Waals surface area contributed by atoms with Crippen LogP contribution in [-0.2, 0) is 11.2 Å². The largest absolute Gasteiger partial charge is 0.504 e. The molecule has 2 aliphatic heterocycles. The minimum atomic E-state index is -0.199. The highest BCUT2D eigenvalue weighted by Crippen LogP contribution is 2.39. The Balaban J connectivity index is 1.78. The van der Waals surface area contributed by atoms with E-state index in [9.17, 15) is 10.2 Å². The van der Waals surface area contributed by atoms with E-state index in [0.717, 1.165) is 30.8 Å². The highest BCUT2D eigenvalue weighted by Gasteiger charge is 2.31. The number of piperidine rings is 1. The summed E-state index contributed by atoms with van der Waals surface area (Å²) in [7, 11) is 0. The Morgan fingerprint density at radius 2 is 1.95 bits per heavy atom. The average Bonchev–Trinajstić information content (AvgIpc) is 2.51. The molecule has 5 heteroatoms. The first-order chi connectivity index (χ1) is 10.2. The van der Waals surface area contributed by atoms with Crippen LogP contribution in [0.5, 0.6) is 11.5 Å². The number of benzene rings is 1. The fourth-order valence-electron chi connectivity index (χ4n) is 3.46. The van der Waals surface area contributed by atoms with Gasteiger partial charge in [0.25, 0.3) is 0 Å². The number of nitrogens with two attached hydrogens (primary N) is 1. The molecule has 0 spiro atoms. The Bertz CT molecular complexity index is 501. The van der Waals surface area contributed by atoms with Crippen LogP contribution in [0.1, 0.15) is 36.5 Å². The minimum absolute atomic E-state index is 0.0158. The zero-order valence-electron chi connectivity index (χ0n) is 12.3. The van der Waals surface area contributed by atoms with Crippen molar-refractivity contribution in [3.63, 3.8) is 0 Å². The molecule has 4 N–H and O–H groups in total. The van der Waals surface area contributed by atoms with Crippen LogP contribution in [0.4, 0.5) is 0 Å². The predicted molar refractivity (Wildman–Crippen MR) is 80.4 cm³/mol. The monoisotopic (exact) mass is 292 g/mol. The Morgan fingerprint density at radius 1 is 1.19 bits per heavy atom. The van der Waals surface area contributed by atoms with Crippen molar-refractivity contribution in [2.45, 2.75) is 37.9 Å². The van der Waals surface area contributed by atoms with Gasteiger partial charge in [-0.3, -0.25) is 0 Å². The van der Waals surface area contributed by atoms with E-state index in [0.29, 0.717) is 13.0 Å². The lowest BCUT2D eigenvalue weighted by atomic mass is 9.92. The molecule has 0 aliphatic carbocycles. The summed E-state index contributed by atoms with van der Waals surface area (Å²) in [6.07, 6.45) is 4.26. The highest BCUT2D eigenvalue weighted by molar-refractivity contribution is 5.51. The first-order valence-corrected chi connectivity index (χ1v) is 7.80. The maximum atomic E-state index is 10.1. The summed E-state index contributed by atoms with van der Waals surface area (Å²) in [6.45, 7) is 3.48. The normalized spacial score (nSPS) is 26.5. The third-order valence-corrected chi connectivity index (χ3v) is 4.56. The van der Waals surface area contributed by atoms with Crippen molar-refractivity contribution in [2.75, 3.05) is 26.2 Å². The number of hydrogen-bond acceptors (Lipinski definition) is 5. The molecule has 1 fully saturated rings. The van der Waals surface area contributed by atoms with Crippen LogP contribution >= 0.6 is 0 Å². The van der Waals surface area contributed by atoms with E-state index in [4.69, 9.17) is 10.5 Å². The van der Waals surface area contributed by atoms with E-state index in [-0.39, 0.29) is 23.7 Å². The summed E-state index contributed by atoms with van der Waals surface area (Å²) in [5.74, 6) is -0.0824. The molecular weight excluding hydrogens is 268 g/mol. The molecule has 1 aromatic rings. The zero-order chi connectivity index (χ0) is 14.8. The van der Waals surface area contributed by atoms with Crippen molar-refractivity contribution < 1.29 is 14.9 Å². The summed E-state index contributed by atoms with van der Waals surface area (Å²) in [5.41, 5.74) is 7.51. The first-order valence-electron chi connectivity index (χ1n) is 7.80. The van der Waals surface area contributed by atoms with Crippen molar-refractivity contribution >= 4 is 0 Å². The van der Waals surface area contributed by atoms with Crippen LogP contribution < -0.4 is 5.73 Å². The van der Waals surface area contributed by atoms with Gasteiger partial charge in [0.15, 0.2) is 11.5 Å². The second-order valence-corrected chi connectivity index (χ2v) is 6.05. The summed E-state index contributed by atoms with van der Waals surface area (Å²) in [4.78, 5) is 2.42. The highest BCUT2D eigenvalue weighted by atomic mass is 16.5. The lowest BCUT2D eigenvalue weighted by molar-refractivity contribution is -0.0395. The third kappa shape index (κ3) is 3.00. The van der Waals surface area contributed by atoms with Gasteiger partial charge in [-0.25, -0.2) is 0 Å². The van der Waals surface area contributed by atoms with Crippen LogP contribution in [0, 0.1) is 0 Å². The van der Waals surface area contributed by atoms with Crippen molar-refractivity contribution in [1.82, 2.24) is 4.90 Å². The molecule has 0 unspecified atom stereocenters. The van der Waals surface area contributed by atoms with Gasteiger partial charge in [0.2, 0.25) is 0 Å². The number of likely N-dealkylation sites (tertiary alicyclic amines) is 1. The van der Waals surface area contributed by atoms with Gasteiger partial charge in [0.1, 0.15) is 0 Å². The molecule has 21 heavy (non-hydrogen) atoms. The molecule has 1 saturated heterocycles. The van der Waals surface area contributed by atoms with Gasteiger partial charge in [0, 0.05) is 25.1 Å². The smallest absolute Gasteiger partial charge is 0.161 e. The molecule has 116 valence electrons. The van der Waals surface area contributed by atoms with E-state index in [2.05, 4.69) is 4.90 Å². The molecule has 0 saturated carbocycles. The molecule has 0 amide bonds. The van der Waals surface area contributed by atoms with Gasteiger partial charge in [0.05, 0.1) is 12.2 Å². The molecular formula is C16H24N2O3. The van der Waals surface area contributed by atoms with Crippen molar-refractivity contribution in [2.24, 2.45) is 5.73 Å². The lowest BCUT2D eigenvalue weighted by Gasteiger charge is -2.36. The molecule has 3 rings (SSSR count). The number of phenolic OH excluding ortho intramolecular Hbond substituents is 2.